The molecule has 0 atom stereocenters. The van der Waals surface area contributed by atoms with Gasteiger partial charge in [-0.05, 0) is 59.0 Å². The van der Waals surface area contributed by atoms with Crippen molar-refractivity contribution in [1.29, 1.82) is 0 Å². The second-order valence-electron chi connectivity index (χ2n) is 5.79. The van der Waals surface area contributed by atoms with Crippen LogP contribution in [0.4, 0.5) is 5.69 Å². The topological polar surface area (TPSA) is 65.2 Å². The van der Waals surface area contributed by atoms with Gasteiger partial charge in [-0.3, -0.25) is 21.0 Å². The zero-order chi connectivity index (χ0) is 19.8. The third-order valence-corrected chi connectivity index (χ3v) is 4.20. The minimum Gasteiger partial charge on any atom is -0.331 e. The number of nitrogens with one attached hydrogen (secondary N) is 4. The average Bonchev–Trinajstić information content (AvgIpc) is 2.71. The molecule has 0 saturated heterocycles. The Morgan fingerprint density at radius 2 is 1.46 bits per heavy atom. The number of benzene rings is 3. The van der Waals surface area contributed by atoms with Gasteiger partial charge in [0.2, 0.25) is 5.91 Å². The highest BCUT2D eigenvalue weighted by Gasteiger charge is 2.03. The summed E-state index contributed by atoms with van der Waals surface area (Å²) in [6, 6.07) is 23.4. The summed E-state index contributed by atoms with van der Waals surface area (Å²) in [5, 5.41) is 8.19. The molecule has 3 aromatic rings. The van der Waals surface area contributed by atoms with Crippen LogP contribution in [0.25, 0.3) is 16.8 Å². The van der Waals surface area contributed by atoms with E-state index in [0.29, 0.717) is 5.11 Å². The molecule has 0 bridgehead atoms. The minimum absolute atomic E-state index is 0.116. The summed E-state index contributed by atoms with van der Waals surface area (Å²) < 4.78 is 0. The fraction of sp³-hybridized carbons (Fsp3) is 0. The van der Waals surface area contributed by atoms with Gasteiger partial charge in [-0.1, -0.05) is 60.7 Å². The fourth-order valence-electron chi connectivity index (χ4n) is 2.54. The summed E-state index contributed by atoms with van der Waals surface area (Å²) >= 11 is 10.3. The number of para-hydroxylation sites is 1. The van der Waals surface area contributed by atoms with Crippen LogP contribution >= 0.6 is 24.4 Å². The molecule has 7 heteroatoms. The first-order chi connectivity index (χ1) is 13.6. The lowest BCUT2D eigenvalue weighted by Crippen LogP contribution is -2.49. The van der Waals surface area contributed by atoms with Crippen molar-refractivity contribution in [3.8, 4) is 0 Å². The summed E-state index contributed by atoms with van der Waals surface area (Å²) in [5.74, 6) is -0.339. The van der Waals surface area contributed by atoms with Crippen molar-refractivity contribution in [2.75, 3.05) is 5.32 Å². The smallest absolute Gasteiger partial charge is 0.250 e. The number of hydrogen-bond acceptors (Lipinski definition) is 3. The van der Waals surface area contributed by atoms with Crippen LogP contribution in [0.1, 0.15) is 5.56 Å². The maximum absolute atomic E-state index is 12.1. The van der Waals surface area contributed by atoms with Gasteiger partial charge < -0.3 is 5.32 Å². The van der Waals surface area contributed by atoms with Crippen molar-refractivity contribution in [3.05, 3.63) is 84.4 Å². The lowest BCUT2D eigenvalue weighted by molar-refractivity contribution is -0.115. The Balaban J connectivity index is 1.49. The quantitative estimate of drug-likeness (QED) is 0.302. The van der Waals surface area contributed by atoms with Crippen LogP contribution in [0.5, 0.6) is 0 Å². The van der Waals surface area contributed by atoms with Crippen LogP contribution in [-0.2, 0) is 4.79 Å². The molecule has 0 radical (unpaired) electrons. The van der Waals surface area contributed by atoms with E-state index in [-0.39, 0.29) is 11.0 Å². The first-order valence-corrected chi connectivity index (χ1v) is 9.32. The van der Waals surface area contributed by atoms with E-state index in [9.17, 15) is 4.79 Å². The molecule has 140 valence electrons. The van der Waals surface area contributed by atoms with E-state index in [2.05, 4.69) is 21.5 Å². The van der Waals surface area contributed by atoms with E-state index in [4.69, 9.17) is 24.4 Å². The predicted octanol–water partition coefficient (Wildman–Crippen LogP) is 3.75. The van der Waals surface area contributed by atoms with Crippen molar-refractivity contribution < 1.29 is 4.79 Å². The molecular formula is C21H18N4OS2. The van der Waals surface area contributed by atoms with Gasteiger partial charge in [0.1, 0.15) is 0 Å². The zero-order valence-corrected chi connectivity index (χ0v) is 16.4. The number of rotatable bonds is 3. The van der Waals surface area contributed by atoms with Crippen molar-refractivity contribution >= 4 is 63.1 Å². The van der Waals surface area contributed by atoms with Crippen molar-refractivity contribution in [3.63, 3.8) is 0 Å². The Labute approximate surface area is 173 Å². The van der Waals surface area contributed by atoms with E-state index in [0.717, 1.165) is 22.0 Å². The van der Waals surface area contributed by atoms with Gasteiger partial charge in [-0.25, -0.2) is 0 Å². The maximum Gasteiger partial charge on any atom is 0.250 e. The monoisotopic (exact) mass is 406 g/mol. The van der Waals surface area contributed by atoms with Crippen LogP contribution < -0.4 is 21.5 Å². The van der Waals surface area contributed by atoms with Crippen molar-refractivity contribution in [1.82, 2.24) is 16.2 Å². The molecule has 0 aromatic heterocycles. The van der Waals surface area contributed by atoms with Gasteiger partial charge in [0, 0.05) is 11.8 Å². The second-order valence-corrected chi connectivity index (χ2v) is 6.61. The molecule has 0 aliphatic carbocycles. The van der Waals surface area contributed by atoms with Crippen LogP contribution in [-0.4, -0.2) is 16.1 Å². The number of carbonyl (C=O) groups is 1. The Kier molecular flexibility index (Phi) is 6.67. The lowest BCUT2D eigenvalue weighted by atomic mass is 10.0. The molecule has 0 spiro atoms. The molecule has 0 unspecified atom stereocenters. The number of amides is 1. The van der Waals surface area contributed by atoms with Gasteiger partial charge in [0.05, 0.1) is 0 Å². The van der Waals surface area contributed by atoms with E-state index < -0.39 is 0 Å². The number of hydrazine groups is 1. The third kappa shape index (κ3) is 5.60. The lowest BCUT2D eigenvalue weighted by Gasteiger charge is -2.13. The minimum atomic E-state index is -0.339. The van der Waals surface area contributed by atoms with E-state index in [1.807, 2.05) is 72.8 Å². The number of hydrogen-bond donors (Lipinski definition) is 4. The highest BCUT2D eigenvalue weighted by atomic mass is 32.1. The molecule has 1 amide bonds. The number of fused-ring (bicyclic) bond motifs is 1. The van der Waals surface area contributed by atoms with Gasteiger partial charge in [0.25, 0.3) is 0 Å². The zero-order valence-electron chi connectivity index (χ0n) is 14.8. The van der Waals surface area contributed by atoms with E-state index in [1.165, 1.54) is 6.08 Å². The highest BCUT2D eigenvalue weighted by Crippen LogP contribution is 2.19. The van der Waals surface area contributed by atoms with Crippen LogP contribution in [0.15, 0.2) is 78.9 Å². The maximum atomic E-state index is 12.1. The fourth-order valence-corrected chi connectivity index (χ4v) is 2.86. The SMILES string of the molecule is O=C(/C=C/c1cccc2ccccc12)NC(=S)NNC(=S)Nc1ccccc1. The second kappa shape index (κ2) is 9.59. The number of carbonyl (C=O) groups excluding carboxylic acids is 1. The van der Waals surface area contributed by atoms with Crippen molar-refractivity contribution in [2.24, 2.45) is 0 Å². The largest absolute Gasteiger partial charge is 0.331 e. The highest BCUT2D eigenvalue weighted by molar-refractivity contribution is 7.80. The molecular weight excluding hydrogens is 388 g/mol. The summed E-state index contributed by atoms with van der Waals surface area (Å²) in [7, 11) is 0. The molecule has 5 nitrogen and oxygen atoms in total. The van der Waals surface area contributed by atoms with Crippen LogP contribution in [0, 0.1) is 0 Å². The molecule has 0 aliphatic rings. The first kappa shape index (κ1) is 19.5. The molecule has 4 N–H and O–H groups in total. The summed E-state index contributed by atoms with van der Waals surface area (Å²) in [6.07, 6.45) is 3.20. The van der Waals surface area contributed by atoms with E-state index >= 15 is 0 Å². The van der Waals surface area contributed by atoms with Gasteiger partial charge >= 0.3 is 0 Å². The van der Waals surface area contributed by atoms with Crippen LogP contribution in [0.2, 0.25) is 0 Å². The molecule has 0 heterocycles. The summed E-state index contributed by atoms with van der Waals surface area (Å²) in [4.78, 5) is 12.1. The number of anilines is 1. The molecule has 3 aromatic carbocycles. The van der Waals surface area contributed by atoms with Gasteiger partial charge in [-0.15, -0.1) is 0 Å². The Morgan fingerprint density at radius 3 is 2.29 bits per heavy atom. The molecule has 0 saturated carbocycles. The Bertz CT molecular complexity index is 1030. The van der Waals surface area contributed by atoms with Gasteiger partial charge in [-0.2, -0.15) is 0 Å². The van der Waals surface area contributed by atoms with Crippen molar-refractivity contribution in [2.45, 2.75) is 0 Å². The standard InChI is InChI=1S/C21H18N4OS2/c26-19(14-13-16-9-6-8-15-7-4-5-12-18(15)16)23-21(28)25-24-20(27)22-17-10-2-1-3-11-17/h1-14H,(H2,22,24,27)(H2,23,25,26,28)/b14-13+. The molecule has 28 heavy (non-hydrogen) atoms. The third-order valence-electron chi connectivity index (χ3n) is 3.80. The number of thiocarbonyl (C=S) groups is 2. The molecule has 0 fully saturated rings. The van der Waals surface area contributed by atoms with Crippen LogP contribution in [0.3, 0.4) is 0 Å². The van der Waals surface area contributed by atoms with E-state index in [1.54, 1.807) is 6.08 Å². The Morgan fingerprint density at radius 1 is 0.786 bits per heavy atom. The summed E-state index contributed by atoms with van der Waals surface area (Å²) in [5.41, 5.74) is 7.20. The van der Waals surface area contributed by atoms with Gasteiger partial charge in [0.15, 0.2) is 10.2 Å². The predicted molar refractivity (Wildman–Crippen MR) is 123 cm³/mol. The summed E-state index contributed by atoms with van der Waals surface area (Å²) in [6.45, 7) is 0. The average molecular weight is 407 g/mol. The molecule has 0 aliphatic heterocycles. The first-order valence-electron chi connectivity index (χ1n) is 8.51. The normalized spacial score (nSPS) is 10.4. The Hall–Kier alpha value is -3.29. The molecule has 3 rings (SSSR count).